The highest BCUT2D eigenvalue weighted by Gasteiger charge is 2.61. The van der Waals surface area contributed by atoms with Crippen molar-refractivity contribution in [3.05, 3.63) is 12.2 Å². The summed E-state index contributed by atoms with van der Waals surface area (Å²) in [6.45, 7) is 0. The van der Waals surface area contributed by atoms with Crippen LogP contribution in [0.1, 0.15) is 19.3 Å². The van der Waals surface area contributed by atoms with Crippen LogP contribution in [0.2, 0.25) is 0 Å². The Morgan fingerprint density at radius 1 is 0.923 bits per heavy atom. The van der Waals surface area contributed by atoms with E-state index in [2.05, 4.69) is 12.2 Å². The van der Waals surface area contributed by atoms with Gasteiger partial charge in [0, 0.05) is 0 Å². The zero-order valence-corrected chi connectivity index (χ0v) is 7.76. The molecule has 6 atom stereocenters. The maximum atomic E-state index is 10.1. The van der Waals surface area contributed by atoms with E-state index in [4.69, 9.17) is 0 Å². The van der Waals surface area contributed by atoms with Crippen LogP contribution in [-0.4, -0.2) is 11.2 Å². The van der Waals surface area contributed by atoms with Crippen LogP contribution < -0.4 is 0 Å². The summed E-state index contributed by atoms with van der Waals surface area (Å²) in [7, 11) is 0. The molecule has 0 spiro atoms. The van der Waals surface area contributed by atoms with Crippen molar-refractivity contribution in [2.45, 2.75) is 25.4 Å². The lowest BCUT2D eigenvalue weighted by molar-refractivity contribution is 0.109. The average Bonchev–Trinajstić information content (AvgIpc) is 2.84. The van der Waals surface area contributed by atoms with E-state index in [0.717, 1.165) is 23.7 Å². The summed E-state index contributed by atoms with van der Waals surface area (Å²) in [4.78, 5) is 0. The van der Waals surface area contributed by atoms with Gasteiger partial charge in [-0.25, -0.2) is 0 Å². The number of allylic oxidation sites excluding steroid dienone is 2. The number of fused-ring (bicyclic) bond motifs is 9. The van der Waals surface area contributed by atoms with Gasteiger partial charge in [-0.05, 0) is 54.8 Å². The summed E-state index contributed by atoms with van der Waals surface area (Å²) in [5, 5.41) is 10.1. The number of aliphatic hydroxyl groups is 1. The lowest BCUT2D eigenvalue weighted by atomic mass is 9.73. The Hall–Kier alpha value is -0.300. The molecule has 13 heavy (non-hydrogen) atoms. The van der Waals surface area contributed by atoms with Crippen LogP contribution >= 0.6 is 0 Å². The molecule has 3 fully saturated rings. The molecule has 0 amide bonds. The molecule has 0 aromatic heterocycles. The smallest absolute Gasteiger partial charge is 0.0602 e. The van der Waals surface area contributed by atoms with Crippen molar-refractivity contribution in [3.63, 3.8) is 0 Å². The van der Waals surface area contributed by atoms with Crippen LogP contribution in [0, 0.1) is 35.5 Å². The standard InChI is InChI=1S/C12H16O/c13-12-8-3-4-9(12)11-7-2-1-6(5-7)10(8)11/h1-2,6-13H,3-5H2/t6-,7-,8+,9+,10+,11+/m0/s1. The Labute approximate surface area is 78.8 Å². The zero-order chi connectivity index (χ0) is 8.58. The highest BCUT2D eigenvalue weighted by molar-refractivity contribution is 5.21. The van der Waals surface area contributed by atoms with Gasteiger partial charge in [0.05, 0.1) is 6.10 Å². The van der Waals surface area contributed by atoms with Gasteiger partial charge in [-0.15, -0.1) is 0 Å². The van der Waals surface area contributed by atoms with Gasteiger partial charge < -0.3 is 5.11 Å². The fourth-order valence-corrected chi connectivity index (χ4v) is 4.99. The number of rotatable bonds is 0. The fraction of sp³-hybridized carbons (Fsp3) is 0.833. The molecule has 70 valence electrons. The first kappa shape index (κ1) is 7.05. The van der Waals surface area contributed by atoms with Gasteiger partial charge in [-0.1, -0.05) is 12.2 Å². The van der Waals surface area contributed by atoms with Gasteiger partial charge in [0.25, 0.3) is 0 Å². The molecule has 4 aliphatic carbocycles. The summed E-state index contributed by atoms with van der Waals surface area (Å²) in [6, 6.07) is 0. The first-order chi connectivity index (χ1) is 6.36. The summed E-state index contributed by atoms with van der Waals surface area (Å²) >= 11 is 0. The SMILES string of the molecule is OC1[C@@H]2CC[C@@H]1[C@@H]1[C@@H]2[C@H]2C=C[C@H]1C2. The van der Waals surface area contributed by atoms with Crippen molar-refractivity contribution in [1.29, 1.82) is 0 Å². The molecule has 1 nitrogen and oxygen atoms in total. The van der Waals surface area contributed by atoms with Crippen LogP contribution in [0.4, 0.5) is 0 Å². The van der Waals surface area contributed by atoms with Crippen molar-refractivity contribution in [3.8, 4) is 0 Å². The van der Waals surface area contributed by atoms with Crippen LogP contribution in [0.3, 0.4) is 0 Å². The van der Waals surface area contributed by atoms with E-state index in [1.54, 1.807) is 0 Å². The molecule has 1 heteroatoms. The van der Waals surface area contributed by atoms with Crippen molar-refractivity contribution in [2.24, 2.45) is 35.5 Å². The maximum absolute atomic E-state index is 10.1. The molecule has 0 saturated heterocycles. The molecule has 3 saturated carbocycles. The maximum Gasteiger partial charge on any atom is 0.0602 e. The molecule has 4 rings (SSSR count). The Balaban J connectivity index is 1.81. The predicted molar refractivity (Wildman–Crippen MR) is 49.9 cm³/mol. The van der Waals surface area contributed by atoms with Gasteiger partial charge in [0.1, 0.15) is 0 Å². The van der Waals surface area contributed by atoms with Crippen LogP contribution in [0.15, 0.2) is 12.2 Å². The molecular weight excluding hydrogens is 160 g/mol. The molecular formula is C12H16O. The van der Waals surface area contributed by atoms with Gasteiger partial charge in [0.2, 0.25) is 0 Å². The summed E-state index contributed by atoms with van der Waals surface area (Å²) in [5.74, 6) is 4.80. The Bertz CT molecular complexity index is 257. The molecule has 0 aliphatic heterocycles. The minimum Gasteiger partial charge on any atom is -0.393 e. The van der Waals surface area contributed by atoms with Crippen molar-refractivity contribution >= 4 is 0 Å². The fourth-order valence-electron chi connectivity index (χ4n) is 4.99. The lowest BCUT2D eigenvalue weighted by Gasteiger charge is -2.31. The Kier molecular flexibility index (Phi) is 1.10. The summed E-state index contributed by atoms with van der Waals surface area (Å²) < 4.78 is 0. The highest BCUT2D eigenvalue weighted by Crippen LogP contribution is 2.65. The van der Waals surface area contributed by atoms with E-state index in [0.29, 0.717) is 11.8 Å². The summed E-state index contributed by atoms with van der Waals surface area (Å²) in [5.41, 5.74) is 0. The van der Waals surface area contributed by atoms with Crippen molar-refractivity contribution in [2.75, 3.05) is 0 Å². The topological polar surface area (TPSA) is 20.2 Å². The lowest BCUT2D eigenvalue weighted by Crippen LogP contribution is -2.25. The molecule has 4 aliphatic rings. The molecule has 0 heterocycles. The van der Waals surface area contributed by atoms with Crippen molar-refractivity contribution < 1.29 is 5.11 Å². The van der Waals surface area contributed by atoms with E-state index in [9.17, 15) is 5.11 Å². The Morgan fingerprint density at radius 2 is 1.46 bits per heavy atom. The van der Waals surface area contributed by atoms with Crippen LogP contribution in [-0.2, 0) is 0 Å². The largest absolute Gasteiger partial charge is 0.393 e. The number of hydrogen-bond donors (Lipinski definition) is 1. The molecule has 0 unspecified atom stereocenters. The average molecular weight is 176 g/mol. The summed E-state index contributed by atoms with van der Waals surface area (Å²) in [6.07, 6.45) is 8.96. The van der Waals surface area contributed by atoms with E-state index < -0.39 is 0 Å². The highest BCUT2D eigenvalue weighted by atomic mass is 16.3. The van der Waals surface area contributed by atoms with Gasteiger partial charge in [0.15, 0.2) is 0 Å². The zero-order valence-electron chi connectivity index (χ0n) is 7.76. The van der Waals surface area contributed by atoms with Gasteiger partial charge >= 0.3 is 0 Å². The third kappa shape index (κ3) is 0.633. The number of aliphatic hydroxyl groups excluding tert-OH is 1. The van der Waals surface area contributed by atoms with Crippen LogP contribution in [0.25, 0.3) is 0 Å². The third-order valence-electron chi connectivity index (χ3n) is 5.28. The number of hydrogen-bond acceptors (Lipinski definition) is 1. The van der Waals surface area contributed by atoms with Gasteiger partial charge in [-0.2, -0.15) is 0 Å². The second-order valence-electron chi connectivity index (χ2n) is 5.50. The predicted octanol–water partition coefficient (Wildman–Crippen LogP) is 1.83. The quantitative estimate of drug-likeness (QED) is 0.441. The molecule has 0 aromatic carbocycles. The second kappa shape index (κ2) is 2.03. The van der Waals surface area contributed by atoms with E-state index in [1.165, 1.54) is 19.3 Å². The van der Waals surface area contributed by atoms with Crippen LogP contribution in [0.5, 0.6) is 0 Å². The third-order valence-corrected chi connectivity index (χ3v) is 5.28. The van der Waals surface area contributed by atoms with Crippen molar-refractivity contribution in [1.82, 2.24) is 0 Å². The minimum atomic E-state index is 0.0696. The first-order valence-corrected chi connectivity index (χ1v) is 5.72. The second-order valence-corrected chi connectivity index (χ2v) is 5.50. The minimum absolute atomic E-state index is 0.0696. The molecule has 0 aromatic rings. The normalized spacial score (nSPS) is 66.4. The first-order valence-electron chi connectivity index (χ1n) is 5.72. The van der Waals surface area contributed by atoms with E-state index >= 15 is 0 Å². The molecule has 4 bridgehead atoms. The molecule has 1 N–H and O–H groups in total. The van der Waals surface area contributed by atoms with Gasteiger partial charge in [-0.3, -0.25) is 0 Å². The van der Waals surface area contributed by atoms with E-state index in [1.807, 2.05) is 0 Å². The monoisotopic (exact) mass is 176 g/mol. The Morgan fingerprint density at radius 3 is 2.00 bits per heavy atom. The molecule has 0 radical (unpaired) electrons. The van der Waals surface area contributed by atoms with E-state index in [-0.39, 0.29) is 6.10 Å².